The van der Waals surface area contributed by atoms with Crippen LogP contribution in [0.4, 0.5) is 0 Å². The Morgan fingerprint density at radius 2 is 1.89 bits per heavy atom. The third-order valence-corrected chi connectivity index (χ3v) is 7.73. The minimum Gasteiger partial charge on any atom is -0.454 e. The predicted molar refractivity (Wildman–Crippen MR) is 136 cm³/mol. The molecule has 1 saturated heterocycles. The quantitative estimate of drug-likeness (QED) is 0.563. The molecule has 0 unspecified atom stereocenters. The number of aryl methyl sites for hydroxylation is 1. The second-order valence-corrected chi connectivity index (χ2v) is 11.4. The number of carbonyl (C=O) groups is 1. The van der Waals surface area contributed by atoms with Crippen molar-refractivity contribution in [3.63, 3.8) is 0 Å². The first-order chi connectivity index (χ1) is 17.2. The lowest BCUT2D eigenvalue weighted by atomic mass is 9.74. The molecule has 0 atom stereocenters. The molecule has 2 fully saturated rings. The second kappa shape index (κ2) is 8.47. The van der Waals surface area contributed by atoms with Gasteiger partial charge in [-0.15, -0.1) is 0 Å². The van der Waals surface area contributed by atoms with E-state index in [0.29, 0.717) is 31.2 Å². The first-order valence-electron chi connectivity index (χ1n) is 12.9. The van der Waals surface area contributed by atoms with Crippen LogP contribution < -0.4 is 14.8 Å². The molecule has 0 bridgehead atoms. The maximum absolute atomic E-state index is 13.8. The summed E-state index contributed by atoms with van der Waals surface area (Å²) < 4.78 is 18.8. The van der Waals surface area contributed by atoms with Crippen LogP contribution in [0.15, 0.2) is 24.3 Å². The topological polar surface area (TPSA) is 87.5 Å². The van der Waals surface area contributed by atoms with Crippen LogP contribution in [0.2, 0.25) is 0 Å². The number of hydrogen-bond donors (Lipinski definition) is 1. The number of amides is 1. The van der Waals surface area contributed by atoms with E-state index in [-0.39, 0.29) is 23.7 Å². The van der Waals surface area contributed by atoms with Crippen LogP contribution in [0.1, 0.15) is 79.7 Å². The largest absolute Gasteiger partial charge is 0.454 e. The van der Waals surface area contributed by atoms with Crippen molar-refractivity contribution in [2.45, 2.75) is 70.3 Å². The summed E-state index contributed by atoms with van der Waals surface area (Å²) in [7, 11) is 0. The van der Waals surface area contributed by atoms with Gasteiger partial charge in [0.1, 0.15) is 0 Å². The Morgan fingerprint density at radius 1 is 1.14 bits per heavy atom. The van der Waals surface area contributed by atoms with Crippen LogP contribution in [-0.2, 0) is 15.7 Å². The molecule has 1 aliphatic carbocycles. The summed E-state index contributed by atoms with van der Waals surface area (Å²) in [6.45, 7) is 10.4. The summed E-state index contributed by atoms with van der Waals surface area (Å²) in [6, 6.07) is 8.12. The summed E-state index contributed by atoms with van der Waals surface area (Å²) in [6.07, 6.45) is 3.89. The fourth-order valence-electron chi connectivity index (χ4n) is 5.44. The van der Waals surface area contributed by atoms with Crippen molar-refractivity contribution in [3.8, 4) is 11.5 Å². The van der Waals surface area contributed by atoms with Crippen molar-refractivity contribution in [1.29, 1.82) is 0 Å². The highest BCUT2D eigenvalue weighted by atomic mass is 16.7. The van der Waals surface area contributed by atoms with Crippen LogP contribution in [0, 0.1) is 6.92 Å². The number of benzene rings is 1. The van der Waals surface area contributed by atoms with Crippen molar-refractivity contribution in [1.82, 2.24) is 20.1 Å². The van der Waals surface area contributed by atoms with Gasteiger partial charge in [-0.05, 0) is 77.1 Å². The number of fused-ring (bicyclic) bond motifs is 2. The van der Waals surface area contributed by atoms with Crippen molar-refractivity contribution < 1.29 is 19.0 Å². The molecule has 1 N–H and O–H groups in total. The third kappa shape index (κ3) is 4.01. The van der Waals surface area contributed by atoms with Gasteiger partial charge in [-0.2, -0.15) is 5.10 Å². The Bertz CT molecular complexity index is 1330. The highest BCUT2D eigenvalue weighted by molar-refractivity contribution is 6.06. The van der Waals surface area contributed by atoms with Gasteiger partial charge in [0.05, 0.1) is 22.2 Å². The Hall–Kier alpha value is -3.13. The minimum atomic E-state index is -0.235. The highest BCUT2D eigenvalue weighted by Crippen LogP contribution is 2.42. The summed E-state index contributed by atoms with van der Waals surface area (Å²) >= 11 is 0. The predicted octanol–water partition coefficient (Wildman–Crippen LogP) is 4.58. The number of hydrogen-bond acceptors (Lipinski definition) is 6. The number of nitrogens with one attached hydrogen (secondary N) is 1. The molecule has 1 saturated carbocycles. The van der Waals surface area contributed by atoms with Gasteiger partial charge >= 0.3 is 0 Å². The van der Waals surface area contributed by atoms with Crippen molar-refractivity contribution >= 4 is 16.9 Å². The lowest BCUT2D eigenvalue weighted by Gasteiger charge is -2.38. The van der Waals surface area contributed by atoms with Crippen LogP contribution in [0.25, 0.3) is 11.0 Å². The van der Waals surface area contributed by atoms with Crippen LogP contribution in [0.5, 0.6) is 11.5 Å². The van der Waals surface area contributed by atoms with Gasteiger partial charge in [-0.3, -0.25) is 4.79 Å². The number of aromatic nitrogens is 3. The number of rotatable bonds is 5. The highest BCUT2D eigenvalue weighted by Gasteiger charge is 2.37. The molecule has 190 valence electrons. The number of nitrogens with zero attached hydrogens (tertiary/aromatic N) is 3. The van der Waals surface area contributed by atoms with Gasteiger partial charge in [0, 0.05) is 36.8 Å². The fourth-order valence-corrected chi connectivity index (χ4v) is 5.44. The SMILES string of the molecule is Cc1nn(C(C)(C)C)c2nc(C3CC3)cc(C(=O)NCC3(c4ccc5c(c4)OCO5)CCOCC3)c12. The zero-order chi connectivity index (χ0) is 25.1. The average molecular weight is 491 g/mol. The van der Waals surface area contributed by atoms with Crippen LogP contribution in [0.3, 0.4) is 0 Å². The Balaban J connectivity index is 1.35. The van der Waals surface area contributed by atoms with Crippen molar-refractivity contribution in [3.05, 3.63) is 46.8 Å². The molecular formula is C28H34N4O4. The molecule has 2 aliphatic heterocycles. The lowest BCUT2D eigenvalue weighted by Crippen LogP contribution is -2.44. The van der Waals surface area contributed by atoms with Crippen molar-refractivity contribution in [2.24, 2.45) is 0 Å². The molecule has 0 radical (unpaired) electrons. The maximum atomic E-state index is 13.8. The van der Waals surface area contributed by atoms with E-state index in [4.69, 9.17) is 24.3 Å². The van der Waals surface area contributed by atoms with E-state index in [9.17, 15) is 4.79 Å². The van der Waals surface area contributed by atoms with Gasteiger partial charge in [0.15, 0.2) is 17.1 Å². The lowest BCUT2D eigenvalue weighted by molar-refractivity contribution is 0.0486. The molecule has 4 heterocycles. The summed E-state index contributed by atoms with van der Waals surface area (Å²) in [5, 5.41) is 8.94. The van der Waals surface area contributed by atoms with Gasteiger partial charge in [0.2, 0.25) is 6.79 Å². The summed E-state index contributed by atoms with van der Waals surface area (Å²) in [4.78, 5) is 18.8. The first kappa shape index (κ1) is 23.3. The minimum absolute atomic E-state index is 0.0764. The van der Waals surface area contributed by atoms with Crippen molar-refractivity contribution in [2.75, 3.05) is 26.6 Å². The molecule has 8 heteroatoms. The van der Waals surface area contributed by atoms with E-state index in [2.05, 4.69) is 38.2 Å². The van der Waals surface area contributed by atoms with Gasteiger partial charge < -0.3 is 19.5 Å². The number of carbonyl (C=O) groups excluding carboxylic acids is 1. The Morgan fingerprint density at radius 3 is 2.61 bits per heavy atom. The first-order valence-corrected chi connectivity index (χ1v) is 12.9. The van der Waals surface area contributed by atoms with Crippen LogP contribution in [-0.4, -0.2) is 47.2 Å². The third-order valence-electron chi connectivity index (χ3n) is 7.73. The zero-order valence-corrected chi connectivity index (χ0v) is 21.5. The number of ether oxygens (including phenoxy) is 3. The summed E-state index contributed by atoms with van der Waals surface area (Å²) in [5.41, 5.74) is 3.97. The van der Waals surface area contributed by atoms with E-state index in [1.54, 1.807) is 0 Å². The molecule has 2 aromatic heterocycles. The molecular weight excluding hydrogens is 456 g/mol. The maximum Gasteiger partial charge on any atom is 0.252 e. The fraction of sp³-hybridized carbons (Fsp3) is 0.536. The molecule has 6 rings (SSSR count). The van der Waals surface area contributed by atoms with Gasteiger partial charge in [0.25, 0.3) is 5.91 Å². The molecule has 1 aromatic carbocycles. The van der Waals surface area contributed by atoms with E-state index >= 15 is 0 Å². The molecule has 1 amide bonds. The monoisotopic (exact) mass is 490 g/mol. The molecule has 3 aliphatic rings. The van der Waals surface area contributed by atoms with E-state index in [1.165, 1.54) is 0 Å². The standard InChI is InChI=1S/C28H34N4O4/c1-17-24-20(14-21(18-5-6-18)30-25(24)32(31-17)27(2,3)4)26(33)29-15-28(9-11-34-12-10-28)19-7-8-22-23(13-19)36-16-35-22/h7-8,13-14,18H,5-6,9-12,15-16H2,1-4H3,(H,29,33). The molecule has 3 aromatic rings. The Kier molecular flexibility index (Phi) is 5.48. The number of pyridine rings is 1. The molecule has 36 heavy (non-hydrogen) atoms. The van der Waals surface area contributed by atoms with Gasteiger partial charge in [-0.1, -0.05) is 6.07 Å². The molecule has 0 spiro atoms. The van der Waals surface area contributed by atoms with E-state index in [0.717, 1.165) is 65.2 Å². The Labute approximate surface area is 211 Å². The normalized spacial score (nSPS) is 19.0. The smallest absolute Gasteiger partial charge is 0.252 e. The van der Waals surface area contributed by atoms with Gasteiger partial charge in [-0.25, -0.2) is 9.67 Å². The van der Waals surface area contributed by atoms with Crippen LogP contribution >= 0.6 is 0 Å². The average Bonchev–Trinajstić information content (AvgIpc) is 3.51. The van der Waals surface area contributed by atoms with E-state index < -0.39 is 0 Å². The molecule has 8 nitrogen and oxygen atoms in total. The summed E-state index contributed by atoms with van der Waals surface area (Å²) in [5.74, 6) is 1.88. The zero-order valence-electron chi connectivity index (χ0n) is 21.5. The second-order valence-electron chi connectivity index (χ2n) is 11.4. The van der Waals surface area contributed by atoms with E-state index in [1.807, 2.05) is 23.7 Å².